The van der Waals surface area contributed by atoms with Gasteiger partial charge in [0, 0.05) is 30.9 Å². The highest BCUT2D eigenvalue weighted by Crippen LogP contribution is 2.45. The van der Waals surface area contributed by atoms with Crippen LogP contribution >= 0.6 is 0 Å². The number of likely N-dealkylation sites (tertiary alicyclic amines) is 1. The molecule has 1 aliphatic heterocycles. The van der Waals surface area contributed by atoms with Gasteiger partial charge in [-0.1, -0.05) is 30.3 Å². The Morgan fingerprint density at radius 2 is 2.00 bits per heavy atom. The molecule has 2 fully saturated rings. The molecule has 5 rings (SSSR count). The van der Waals surface area contributed by atoms with E-state index in [2.05, 4.69) is 15.4 Å². The van der Waals surface area contributed by atoms with Crippen molar-refractivity contribution >= 4 is 11.8 Å². The molecule has 0 spiro atoms. The van der Waals surface area contributed by atoms with Crippen molar-refractivity contribution in [1.82, 2.24) is 25.0 Å². The van der Waals surface area contributed by atoms with E-state index in [1.165, 1.54) is 0 Å². The summed E-state index contributed by atoms with van der Waals surface area (Å²) in [6, 6.07) is 15.5. The maximum Gasteiger partial charge on any atom is 0.274 e. The SMILES string of the molecule is CCn1ccc(C(=O)N2CC[C@@H]3[C@@H](NC(=O)c4ccc(-c5ccccc5)[nH]4)[C@@H]32)n1. The van der Waals surface area contributed by atoms with Gasteiger partial charge >= 0.3 is 0 Å². The molecule has 0 bridgehead atoms. The molecule has 2 N–H and O–H groups in total. The van der Waals surface area contributed by atoms with E-state index in [0.717, 1.165) is 30.8 Å². The molecule has 1 saturated heterocycles. The average molecular weight is 389 g/mol. The van der Waals surface area contributed by atoms with Gasteiger partial charge in [-0.25, -0.2) is 0 Å². The summed E-state index contributed by atoms with van der Waals surface area (Å²) in [6.45, 7) is 3.45. The predicted molar refractivity (Wildman–Crippen MR) is 108 cm³/mol. The highest BCUT2D eigenvalue weighted by atomic mass is 16.2. The van der Waals surface area contributed by atoms with E-state index >= 15 is 0 Å². The lowest BCUT2D eigenvalue weighted by molar-refractivity contribution is 0.0747. The number of hydrogen-bond acceptors (Lipinski definition) is 3. The molecule has 2 aliphatic rings. The molecular weight excluding hydrogens is 366 g/mol. The second-order valence-corrected chi connectivity index (χ2v) is 7.65. The van der Waals surface area contributed by atoms with Crippen molar-refractivity contribution in [3.63, 3.8) is 0 Å². The van der Waals surface area contributed by atoms with Crippen LogP contribution < -0.4 is 5.32 Å². The van der Waals surface area contributed by atoms with Crippen molar-refractivity contribution < 1.29 is 9.59 Å². The number of amides is 2. The Labute approximate surface area is 168 Å². The number of carbonyl (C=O) groups is 2. The molecule has 7 heteroatoms. The number of aryl methyl sites for hydroxylation is 1. The monoisotopic (exact) mass is 389 g/mol. The van der Waals surface area contributed by atoms with Crippen LogP contribution in [0.3, 0.4) is 0 Å². The first kappa shape index (κ1) is 17.7. The van der Waals surface area contributed by atoms with Crippen LogP contribution in [0.5, 0.6) is 0 Å². The first-order valence-corrected chi connectivity index (χ1v) is 10.1. The zero-order chi connectivity index (χ0) is 20.0. The third-order valence-electron chi connectivity index (χ3n) is 5.95. The Morgan fingerprint density at radius 1 is 1.17 bits per heavy atom. The second-order valence-electron chi connectivity index (χ2n) is 7.65. The van der Waals surface area contributed by atoms with Crippen LogP contribution in [0.1, 0.15) is 34.3 Å². The predicted octanol–water partition coefficient (Wildman–Crippen LogP) is 2.54. The van der Waals surface area contributed by atoms with E-state index in [1.807, 2.05) is 54.4 Å². The lowest BCUT2D eigenvalue weighted by Gasteiger charge is -2.19. The molecule has 0 radical (unpaired) electrons. The van der Waals surface area contributed by atoms with Crippen LogP contribution in [-0.2, 0) is 6.54 Å². The van der Waals surface area contributed by atoms with Crippen LogP contribution in [0.25, 0.3) is 11.3 Å². The number of nitrogens with zero attached hydrogens (tertiary/aromatic N) is 3. The number of carbonyl (C=O) groups excluding carboxylic acids is 2. The Morgan fingerprint density at radius 3 is 2.76 bits per heavy atom. The van der Waals surface area contributed by atoms with Crippen molar-refractivity contribution in [2.75, 3.05) is 6.54 Å². The highest BCUT2D eigenvalue weighted by molar-refractivity contribution is 5.95. The smallest absolute Gasteiger partial charge is 0.274 e. The standard InChI is InChI=1S/C22H23N5O2/c1-2-26-12-11-18(25-26)22(29)27-13-10-15-19(20(15)27)24-21(28)17-9-8-16(23-17)14-6-4-3-5-7-14/h3-9,11-12,15,19-20,23H,2,10,13H2,1H3,(H,24,28)/t15-,19-,20-/m1/s1. The molecule has 148 valence electrons. The van der Waals surface area contributed by atoms with Crippen LogP contribution in [-0.4, -0.2) is 50.1 Å². The van der Waals surface area contributed by atoms with Crippen molar-refractivity contribution in [2.45, 2.75) is 32.0 Å². The van der Waals surface area contributed by atoms with E-state index in [1.54, 1.807) is 16.8 Å². The van der Waals surface area contributed by atoms with E-state index in [0.29, 0.717) is 17.3 Å². The molecule has 29 heavy (non-hydrogen) atoms. The average Bonchev–Trinajstić information content (AvgIpc) is 3.27. The maximum absolute atomic E-state index is 12.8. The van der Waals surface area contributed by atoms with Crippen molar-refractivity contribution in [3.8, 4) is 11.3 Å². The number of H-pyrrole nitrogens is 1. The number of nitrogens with one attached hydrogen (secondary N) is 2. The number of benzene rings is 1. The zero-order valence-corrected chi connectivity index (χ0v) is 16.2. The highest BCUT2D eigenvalue weighted by Gasteiger charge is 2.59. The van der Waals surface area contributed by atoms with Gasteiger partial charge in [0.1, 0.15) is 11.4 Å². The van der Waals surface area contributed by atoms with Crippen LogP contribution in [0.4, 0.5) is 0 Å². The number of rotatable bonds is 5. The minimum absolute atomic E-state index is 0.0111. The molecule has 1 aromatic carbocycles. The molecule has 3 atom stereocenters. The Bertz CT molecular complexity index is 1050. The number of aromatic amines is 1. The van der Waals surface area contributed by atoms with Crippen LogP contribution in [0.2, 0.25) is 0 Å². The largest absolute Gasteiger partial charge is 0.351 e. The number of aromatic nitrogens is 3. The van der Waals surface area contributed by atoms with Crippen LogP contribution in [0, 0.1) is 5.92 Å². The molecule has 7 nitrogen and oxygen atoms in total. The molecule has 1 saturated carbocycles. The van der Waals surface area contributed by atoms with Crippen molar-refractivity contribution in [2.24, 2.45) is 5.92 Å². The Kier molecular flexibility index (Phi) is 4.23. The summed E-state index contributed by atoms with van der Waals surface area (Å²) in [4.78, 5) is 30.6. The van der Waals surface area contributed by atoms with Gasteiger partial charge < -0.3 is 15.2 Å². The van der Waals surface area contributed by atoms with Gasteiger partial charge in [0.05, 0.1) is 12.1 Å². The fourth-order valence-electron chi connectivity index (χ4n) is 4.34. The number of piperidine rings is 1. The van der Waals surface area contributed by atoms with Gasteiger partial charge in [0.25, 0.3) is 11.8 Å². The topological polar surface area (TPSA) is 83.0 Å². The normalized spacial score (nSPS) is 22.4. The molecule has 2 amide bonds. The van der Waals surface area contributed by atoms with E-state index in [-0.39, 0.29) is 23.9 Å². The van der Waals surface area contributed by atoms with Gasteiger partial charge in [-0.2, -0.15) is 5.10 Å². The fraction of sp³-hybridized carbons (Fsp3) is 0.318. The van der Waals surface area contributed by atoms with Crippen molar-refractivity contribution in [1.29, 1.82) is 0 Å². The van der Waals surface area contributed by atoms with Gasteiger partial charge in [-0.15, -0.1) is 0 Å². The van der Waals surface area contributed by atoms with Gasteiger partial charge in [-0.3, -0.25) is 14.3 Å². The summed E-state index contributed by atoms with van der Waals surface area (Å²) < 4.78 is 1.75. The third-order valence-corrected chi connectivity index (χ3v) is 5.95. The van der Waals surface area contributed by atoms with Crippen LogP contribution in [0.15, 0.2) is 54.7 Å². The molecule has 2 aromatic heterocycles. The summed E-state index contributed by atoms with van der Waals surface area (Å²) in [6.07, 6.45) is 2.73. The third kappa shape index (κ3) is 3.12. The lowest BCUT2D eigenvalue weighted by atomic mass is 10.2. The fourth-order valence-corrected chi connectivity index (χ4v) is 4.34. The first-order valence-electron chi connectivity index (χ1n) is 10.1. The van der Waals surface area contributed by atoms with Gasteiger partial charge in [-0.05, 0) is 37.1 Å². The molecule has 0 unspecified atom stereocenters. The van der Waals surface area contributed by atoms with E-state index in [4.69, 9.17) is 0 Å². The second kappa shape index (κ2) is 6.92. The van der Waals surface area contributed by atoms with Gasteiger partial charge in [0.2, 0.25) is 0 Å². The molecular formula is C22H23N5O2. The summed E-state index contributed by atoms with van der Waals surface area (Å²) in [5.74, 6) is 0.154. The first-order chi connectivity index (χ1) is 14.2. The molecule has 3 heterocycles. The van der Waals surface area contributed by atoms with E-state index in [9.17, 15) is 9.59 Å². The Hall–Kier alpha value is -3.35. The lowest BCUT2D eigenvalue weighted by Crippen LogP contribution is -2.39. The summed E-state index contributed by atoms with van der Waals surface area (Å²) in [7, 11) is 0. The zero-order valence-electron chi connectivity index (χ0n) is 16.2. The minimum Gasteiger partial charge on any atom is -0.351 e. The van der Waals surface area contributed by atoms with E-state index < -0.39 is 0 Å². The summed E-state index contributed by atoms with van der Waals surface area (Å²) in [5, 5.41) is 7.42. The van der Waals surface area contributed by atoms with Crippen molar-refractivity contribution in [3.05, 3.63) is 66.1 Å². The van der Waals surface area contributed by atoms with Gasteiger partial charge in [0.15, 0.2) is 0 Å². The Balaban J connectivity index is 1.24. The summed E-state index contributed by atoms with van der Waals surface area (Å²) in [5.41, 5.74) is 2.96. The maximum atomic E-state index is 12.8. The minimum atomic E-state index is -0.130. The quantitative estimate of drug-likeness (QED) is 0.703. The molecule has 3 aromatic rings. The number of fused-ring (bicyclic) bond motifs is 1. The summed E-state index contributed by atoms with van der Waals surface area (Å²) >= 11 is 0. The number of hydrogen-bond donors (Lipinski definition) is 2. The molecule has 1 aliphatic carbocycles.